The molecule has 1 heterocycles. The second-order valence-corrected chi connectivity index (χ2v) is 5.71. The van der Waals surface area contributed by atoms with Gasteiger partial charge in [0.05, 0.1) is 0 Å². The van der Waals surface area contributed by atoms with E-state index in [0.717, 1.165) is 31.6 Å². The van der Waals surface area contributed by atoms with Crippen molar-refractivity contribution in [3.63, 3.8) is 0 Å². The maximum Gasteiger partial charge on any atom is 0.251 e. The van der Waals surface area contributed by atoms with Crippen LogP contribution in [0, 0.1) is 5.41 Å². The van der Waals surface area contributed by atoms with Crippen LogP contribution in [0.4, 0.5) is 0 Å². The standard InChI is InChI=1S/C15H20ClNO2/c1-15(5-7-19-8-6-15)11-17-14(18)13-4-2-3-12(9-13)10-16/h2-4,9H,5-8,10-11H2,1H3,(H,17,18). The van der Waals surface area contributed by atoms with Gasteiger partial charge >= 0.3 is 0 Å². The first-order valence-corrected chi connectivity index (χ1v) is 7.17. The third kappa shape index (κ3) is 3.95. The molecule has 1 fully saturated rings. The van der Waals surface area contributed by atoms with Crippen molar-refractivity contribution >= 4 is 17.5 Å². The summed E-state index contributed by atoms with van der Waals surface area (Å²) in [6, 6.07) is 7.44. The van der Waals surface area contributed by atoms with Crippen LogP contribution in [-0.4, -0.2) is 25.7 Å². The molecule has 0 saturated carbocycles. The molecular formula is C15H20ClNO2. The van der Waals surface area contributed by atoms with Gasteiger partial charge in [0, 0.05) is 31.2 Å². The van der Waals surface area contributed by atoms with Gasteiger partial charge in [0.15, 0.2) is 0 Å². The lowest BCUT2D eigenvalue weighted by Gasteiger charge is -2.33. The van der Waals surface area contributed by atoms with Crippen LogP contribution >= 0.6 is 11.6 Å². The lowest BCUT2D eigenvalue weighted by molar-refractivity contribution is 0.0238. The van der Waals surface area contributed by atoms with E-state index < -0.39 is 0 Å². The van der Waals surface area contributed by atoms with Gasteiger partial charge in [-0.1, -0.05) is 19.1 Å². The zero-order valence-corrected chi connectivity index (χ0v) is 12.0. The third-order valence-corrected chi connectivity index (χ3v) is 4.03. The van der Waals surface area contributed by atoms with E-state index in [0.29, 0.717) is 18.0 Å². The summed E-state index contributed by atoms with van der Waals surface area (Å²) in [5.41, 5.74) is 1.79. The summed E-state index contributed by atoms with van der Waals surface area (Å²) in [7, 11) is 0. The van der Waals surface area contributed by atoms with E-state index in [1.54, 1.807) is 0 Å². The number of alkyl halides is 1. The average molecular weight is 282 g/mol. The number of amides is 1. The highest BCUT2D eigenvalue weighted by Gasteiger charge is 2.27. The summed E-state index contributed by atoms with van der Waals surface area (Å²) in [6.45, 7) is 4.47. The number of hydrogen-bond donors (Lipinski definition) is 1. The molecule has 0 aromatic heterocycles. The van der Waals surface area contributed by atoms with Gasteiger partial charge in [-0.15, -0.1) is 11.6 Å². The van der Waals surface area contributed by atoms with Crippen molar-refractivity contribution < 1.29 is 9.53 Å². The van der Waals surface area contributed by atoms with Crippen LogP contribution < -0.4 is 5.32 Å². The molecular weight excluding hydrogens is 262 g/mol. The minimum absolute atomic E-state index is 0.0281. The van der Waals surface area contributed by atoms with E-state index >= 15 is 0 Å². The molecule has 1 aliphatic heterocycles. The molecule has 1 amide bonds. The van der Waals surface area contributed by atoms with Crippen molar-refractivity contribution in [1.29, 1.82) is 0 Å². The predicted octanol–water partition coefficient (Wildman–Crippen LogP) is 2.97. The number of carbonyl (C=O) groups is 1. The Hall–Kier alpha value is -1.06. The van der Waals surface area contributed by atoms with E-state index in [4.69, 9.17) is 16.3 Å². The Bertz CT molecular complexity index is 442. The maximum atomic E-state index is 12.1. The molecule has 0 spiro atoms. The molecule has 0 atom stereocenters. The number of nitrogens with one attached hydrogen (secondary N) is 1. The Balaban J connectivity index is 1.93. The van der Waals surface area contributed by atoms with E-state index in [-0.39, 0.29) is 11.3 Å². The number of hydrogen-bond acceptors (Lipinski definition) is 2. The molecule has 3 nitrogen and oxygen atoms in total. The van der Waals surface area contributed by atoms with E-state index in [9.17, 15) is 4.79 Å². The van der Waals surface area contributed by atoms with Gasteiger partial charge < -0.3 is 10.1 Å². The van der Waals surface area contributed by atoms with Crippen LogP contribution in [0.2, 0.25) is 0 Å². The Morgan fingerprint density at radius 3 is 2.84 bits per heavy atom. The Morgan fingerprint density at radius 2 is 2.16 bits per heavy atom. The molecule has 0 unspecified atom stereocenters. The van der Waals surface area contributed by atoms with Crippen molar-refractivity contribution in [3.05, 3.63) is 35.4 Å². The van der Waals surface area contributed by atoms with Crippen LogP contribution in [0.3, 0.4) is 0 Å². The highest BCUT2D eigenvalue weighted by atomic mass is 35.5. The summed E-state index contributed by atoms with van der Waals surface area (Å²) >= 11 is 5.78. The molecule has 1 aliphatic rings. The van der Waals surface area contributed by atoms with Gasteiger partial charge in [-0.05, 0) is 36.0 Å². The highest BCUT2D eigenvalue weighted by Crippen LogP contribution is 2.28. The first-order chi connectivity index (χ1) is 9.13. The van der Waals surface area contributed by atoms with Gasteiger partial charge in [-0.2, -0.15) is 0 Å². The minimum Gasteiger partial charge on any atom is -0.381 e. The SMILES string of the molecule is CC1(CNC(=O)c2cccc(CCl)c2)CCOCC1. The average Bonchev–Trinajstić information content (AvgIpc) is 2.46. The molecule has 2 rings (SSSR count). The van der Waals surface area contributed by atoms with Crippen LogP contribution in [0.1, 0.15) is 35.7 Å². The van der Waals surface area contributed by atoms with Crippen molar-refractivity contribution in [1.82, 2.24) is 5.32 Å². The number of carbonyl (C=O) groups excluding carboxylic acids is 1. The fraction of sp³-hybridized carbons (Fsp3) is 0.533. The quantitative estimate of drug-likeness (QED) is 0.862. The first kappa shape index (κ1) is 14.4. The van der Waals surface area contributed by atoms with Gasteiger partial charge in [0.1, 0.15) is 0 Å². The summed E-state index contributed by atoms with van der Waals surface area (Å²) in [5, 5.41) is 3.02. The fourth-order valence-corrected chi connectivity index (χ4v) is 2.40. The van der Waals surface area contributed by atoms with Crippen LogP contribution in [-0.2, 0) is 10.6 Å². The molecule has 1 N–H and O–H groups in total. The monoisotopic (exact) mass is 281 g/mol. The number of benzene rings is 1. The number of halogens is 1. The van der Waals surface area contributed by atoms with E-state index in [1.165, 1.54) is 0 Å². The molecule has 1 aromatic carbocycles. The maximum absolute atomic E-state index is 12.1. The molecule has 1 saturated heterocycles. The van der Waals surface area contributed by atoms with E-state index in [1.807, 2.05) is 24.3 Å². The van der Waals surface area contributed by atoms with Crippen LogP contribution in [0.15, 0.2) is 24.3 Å². The van der Waals surface area contributed by atoms with Gasteiger partial charge in [0.25, 0.3) is 5.91 Å². The summed E-state index contributed by atoms with van der Waals surface area (Å²) in [5.74, 6) is 0.399. The molecule has 19 heavy (non-hydrogen) atoms. The normalized spacial score (nSPS) is 18.0. The first-order valence-electron chi connectivity index (χ1n) is 6.64. The molecule has 1 aromatic rings. The third-order valence-electron chi connectivity index (χ3n) is 3.72. The van der Waals surface area contributed by atoms with Crippen molar-refractivity contribution in [2.24, 2.45) is 5.41 Å². The molecule has 0 aliphatic carbocycles. The van der Waals surface area contributed by atoms with Gasteiger partial charge in [-0.3, -0.25) is 4.79 Å². The second-order valence-electron chi connectivity index (χ2n) is 5.44. The van der Waals surface area contributed by atoms with Gasteiger partial charge in [-0.25, -0.2) is 0 Å². The largest absolute Gasteiger partial charge is 0.381 e. The zero-order valence-electron chi connectivity index (χ0n) is 11.2. The minimum atomic E-state index is -0.0281. The molecule has 0 bridgehead atoms. The summed E-state index contributed by atoms with van der Waals surface area (Å²) in [6.07, 6.45) is 1.99. The lowest BCUT2D eigenvalue weighted by atomic mass is 9.82. The van der Waals surface area contributed by atoms with Crippen molar-refractivity contribution in [2.75, 3.05) is 19.8 Å². The second kappa shape index (κ2) is 6.40. The molecule has 104 valence electrons. The summed E-state index contributed by atoms with van der Waals surface area (Å²) in [4.78, 5) is 12.1. The molecule has 4 heteroatoms. The van der Waals surface area contributed by atoms with Gasteiger partial charge in [0.2, 0.25) is 0 Å². The number of ether oxygens (including phenoxy) is 1. The van der Waals surface area contributed by atoms with Crippen LogP contribution in [0.25, 0.3) is 0 Å². The predicted molar refractivity (Wildman–Crippen MR) is 76.5 cm³/mol. The van der Waals surface area contributed by atoms with Crippen molar-refractivity contribution in [2.45, 2.75) is 25.6 Å². The fourth-order valence-electron chi connectivity index (χ4n) is 2.23. The highest BCUT2D eigenvalue weighted by molar-refractivity contribution is 6.17. The topological polar surface area (TPSA) is 38.3 Å². The van der Waals surface area contributed by atoms with Crippen molar-refractivity contribution in [3.8, 4) is 0 Å². The van der Waals surface area contributed by atoms with Crippen LogP contribution in [0.5, 0.6) is 0 Å². The lowest BCUT2D eigenvalue weighted by Crippen LogP contribution is -2.39. The molecule has 0 radical (unpaired) electrons. The zero-order chi connectivity index (χ0) is 13.7. The Morgan fingerprint density at radius 1 is 1.42 bits per heavy atom. The summed E-state index contributed by atoms with van der Waals surface area (Å²) < 4.78 is 5.36. The Kier molecular flexibility index (Phi) is 4.83. The number of rotatable bonds is 4. The smallest absolute Gasteiger partial charge is 0.251 e. The Labute approximate surface area is 119 Å². The van der Waals surface area contributed by atoms with E-state index in [2.05, 4.69) is 12.2 Å².